The third kappa shape index (κ3) is 4.39. The van der Waals surface area contributed by atoms with Crippen LogP contribution in [0.1, 0.15) is 42.4 Å². The number of carbonyl (C=O) groups excluding carboxylic acids is 3. The highest BCUT2D eigenvalue weighted by atomic mass is 16.5. The predicted octanol–water partition coefficient (Wildman–Crippen LogP) is 3.51. The summed E-state index contributed by atoms with van der Waals surface area (Å²) in [7, 11) is 0. The van der Waals surface area contributed by atoms with Gasteiger partial charge in [0.2, 0.25) is 5.91 Å². The highest BCUT2D eigenvalue weighted by molar-refractivity contribution is 5.99. The quantitative estimate of drug-likeness (QED) is 0.674. The van der Waals surface area contributed by atoms with Gasteiger partial charge >= 0.3 is 5.97 Å². The van der Waals surface area contributed by atoms with Gasteiger partial charge in [-0.2, -0.15) is 0 Å². The molecule has 6 heteroatoms. The average Bonchev–Trinajstić information content (AvgIpc) is 3.30. The van der Waals surface area contributed by atoms with E-state index in [0.29, 0.717) is 32.5 Å². The van der Waals surface area contributed by atoms with E-state index in [-0.39, 0.29) is 24.3 Å². The Morgan fingerprint density at radius 3 is 2.30 bits per heavy atom. The molecule has 3 aliphatic rings. The van der Waals surface area contributed by atoms with E-state index in [0.717, 1.165) is 36.9 Å². The first-order valence-electron chi connectivity index (χ1n) is 12.0. The molecule has 2 aliphatic heterocycles. The Kier molecular flexibility index (Phi) is 6.16. The van der Waals surface area contributed by atoms with E-state index in [1.807, 2.05) is 41.3 Å². The van der Waals surface area contributed by atoms with Gasteiger partial charge in [-0.3, -0.25) is 14.4 Å². The molecular formula is C27H30N2O4. The number of benzene rings is 2. The Hall–Kier alpha value is -3.15. The van der Waals surface area contributed by atoms with Crippen molar-refractivity contribution in [2.45, 2.75) is 45.1 Å². The molecule has 2 heterocycles. The van der Waals surface area contributed by atoms with Crippen LogP contribution >= 0.6 is 0 Å². The molecule has 33 heavy (non-hydrogen) atoms. The van der Waals surface area contributed by atoms with Crippen LogP contribution in [-0.4, -0.2) is 42.4 Å². The normalized spacial score (nSPS) is 21.8. The SMILES string of the molecule is O=C(OCC(=O)N1CCc2ccccc2C1)C1CCCCC1C(=O)N1CCc2ccccc21. The molecule has 2 unspecified atom stereocenters. The Morgan fingerprint density at radius 2 is 1.48 bits per heavy atom. The largest absolute Gasteiger partial charge is 0.455 e. The second kappa shape index (κ2) is 9.38. The molecule has 6 nitrogen and oxygen atoms in total. The van der Waals surface area contributed by atoms with Crippen molar-refractivity contribution in [1.29, 1.82) is 0 Å². The summed E-state index contributed by atoms with van der Waals surface area (Å²) < 4.78 is 5.50. The first-order chi connectivity index (χ1) is 16.1. The van der Waals surface area contributed by atoms with E-state index in [9.17, 15) is 14.4 Å². The molecule has 1 aliphatic carbocycles. The van der Waals surface area contributed by atoms with Crippen molar-refractivity contribution in [2.75, 3.05) is 24.6 Å². The monoisotopic (exact) mass is 446 g/mol. The second-order valence-corrected chi connectivity index (χ2v) is 9.31. The van der Waals surface area contributed by atoms with E-state index < -0.39 is 11.9 Å². The van der Waals surface area contributed by atoms with Crippen LogP contribution in [0.3, 0.4) is 0 Å². The number of amides is 2. The lowest BCUT2D eigenvalue weighted by atomic mass is 9.78. The van der Waals surface area contributed by atoms with Crippen LogP contribution in [-0.2, 0) is 38.5 Å². The number of rotatable bonds is 4. The summed E-state index contributed by atoms with van der Waals surface area (Å²) >= 11 is 0. The molecule has 0 aromatic heterocycles. The number of ether oxygens (including phenoxy) is 1. The van der Waals surface area contributed by atoms with E-state index in [4.69, 9.17) is 4.74 Å². The lowest BCUT2D eigenvalue weighted by Crippen LogP contribution is -2.43. The van der Waals surface area contributed by atoms with Gasteiger partial charge in [0.25, 0.3) is 5.91 Å². The number of hydrogen-bond acceptors (Lipinski definition) is 4. The molecule has 0 bridgehead atoms. The molecule has 0 N–H and O–H groups in total. The molecule has 1 fully saturated rings. The minimum Gasteiger partial charge on any atom is -0.455 e. The topological polar surface area (TPSA) is 66.9 Å². The fourth-order valence-corrected chi connectivity index (χ4v) is 5.52. The Labute approximate surface area is 194 Å². The van der Waals surface area contributed by atoms with Crippen molar-refractivity contribution in [3.63, 3.8) is 0 Å². The molecule has 2 atom stereocenters. The van der Waals surface area contributed by atoms with Gasteiger partial charge in [-0.25, -0.2) is 0 Å². The molecule has 0 radical (unpaired) electrons. The van der Waals surface area contributed by atoms with Gasteiger partial charge in [-0.1, -0.05) is 55.3 Å². The second-order valence-electron chi connectivity index (χ2n) is 9.31. The number of anilines is 1. The van der Waals surface area contributed by atoms with E-state index in [1.54, 1.807) is 4.90 Å². The molecule has 172 valence electrons. The lowest BCUT2D eigenvalue weighted by molar-refractivity contribution is -0.159. The van der Waals surface area contributed by atoms with Crippen molar-refractivity contribution in [3.05, 3.63) is 65.2 Å². The molecule has 5 rings (SSSR count). The lowest BCUT2D eigenvalue weighted by Gasteiger charge is -2.32. The molecule has 1 saturated carbocycles. The van der Waals surface area contributed by atoms with Gasteiger partial charge in [-0.05, 0) is 48.4 Å². The zero-order chi connectivity index (χ0) is 22.8. The van der Waals surface area contributed by atoms with Crippen LogP contribution in [0, 0.1) is 11.8 Å². The highest BCUT2D eigenvalue weighted by Crippen LogP contribution is 2.36. The van der Waals surface area contributed by atoms with Crippen molar-refractivity contribution in [3.8, 4) is 0 Å². The molecular weight excluding hydrogens is 416 g/mol. The predicted molar refractivity (Wildman–Crippen MR) is 124 cm³/mol. The summed E-state index contributed by atoms with van der Waals surface area (Å²) in [5, 5.41) is 0. The van der Waals surface area contributed by atoms with Crippen LogP contribution in [0.15, 0.2) is 48.5 Å². The highest BCUT2D eigenvalue weighted by Gasteiger charge is 2.40. The van der Waals surface area contributed by atoms with Crippen molar-refractivity contribution < 1.29 is 19.1 Å². The van der Waals surface area contributed by atoms with E-state index >= 15 is 0 Å². The van der Waals surface area contributed by atoms with Gasteiger partial charge in [0, 0.05) is 25.3 Å². The van der Waals surface area contributed by atoms with Crippen LogP contribution in [0.5, 0.6) is 0 Å². The Bertz CT molecular complexity index is 1070. The fraction of sp³-hybridized carbons (Fsp3) is 0.444. The standard InChI is InChI=1S/C27H30N2O4/c30-25(28-15-13-19-7-1-2-9-21(19)17-28)18-33-27(32)23-11-5-4-10-22(23)26(31)29-16-14-20-8-3-6-12-24(20)29/h1-3,6-9,12,22-23H,4-5,10-11,13-18H2. The maximum atomic E-state index is 13.4. The number of nitrogens with zero attached hydrogens (tertiary/aromatic N) is 2. The first-order valence-corrected chi connectivity index (χ1v) is 12.0. The number of carbonyl (C=O) groups is 3. The Balaban J connectivity index is 1.21. The summed E-state index contributed by atoms with van der Waals surface area (Å²) in [6.07, 6.45) is 4.81. The molecule has 2 amide bonds. The maximum Gasteiger partial charge on any atom is 0.310 e. The minimum atomic E-state index is -0.478. The average molecular weight is 447 g/mol. The van der Waals surface area contributed by atoms with Crippen molar-refractivity contribution >= 4 is 23.5 Å². The number of esters is 1. The smallest absolute Gasteiger partial charge is 0.310 e. The van der Waals surface area contributed by atoms with Crippen molar-refractivity contribution in [2.24, 2.45) is 11.8 Å². The van der Waals surface area contributed by atoms with Gasteiger partial charge in [0.1, 0.15) is 0 Å². The van der Waals surface area contributed by atoms with Crippen molar-refractivity contribution in [1.82, 2.24) is 4.90 Å². The summed E-state index contributed by atoms with van der Waals surface area (Å²) in [4.78, 5) is 42.7. The first kappa shape index (κ1) is 21.7. The number of fused-ring (bicyclic) bond motifs is 2. The zero-order valence-electron chi connectivity index (χ0n) is 18.9. The van der Waals surface area contributed by atoms with Crippen LogP contribution < -0.4 is 4.90 Å². The summed E-state index contributed by atoms with van der Waals surface area (Å²) in [6, 6.07) is 16.1. The van der Waals surface area contributed by atoms with Gasteiger partial charge in [0.15, 0.2) is 6.61 Å². The minimum absolute atomic E-state index is 0.0144. The summed E-state index contributed by atoms with van der Waals surface area (Å²) in [6.45, 7) is 1.58. The fourth-order valence-electron chi connectivity index (χ4n) is 5.52. The number of hydrogen-bond donors (Lipinski definition) is 0. The third-order valence-corrected chi connectivity index (χ3v) is 7.36. The van der Waals surface area contributed by atoms with Gasteiger partial charge in [-0.15, -0.1) is 0 Å². The van der Waals surface area contributed by atoms with E-state index in [2.05, 4.69) is 12.1 Å². The molecule has 0 spiro atoms. The molecule has 0 saturated heterocycles. The third-order valence-electron chi connectivity index (χ3n) is 7.36. The molecule has 2 aromatic carbocycles. The van der Waals surface area contributed by atoms with Gasteiger partial charge < -0.3 is 14.5 Å². The number of para-hydroxylation sites is 1. The summed E-state index contributed by atoms with van der Waals surface area (Å²) in [5.74, 6) is -1.43. The van der Waals surface area contributed by atoms with Crippen LogP contribution in [0.25, 0.3) is 0 Å². The molecule has 2 aromatic rings. The summed E-state index contributed by atoms with van der Waals surface area (Å²) in [5.41, 5.74) is 4.55. The van der Waals surface area contributed by atoms with Crippen LogP contribution in [0.2, 0.25) is 0 Å². The van der Waals surface area contributed by atoms with Gasteiger partial charge in [0.05, 0.1) is 11.8 Å². The van der Waals surface area contributed by atoms with E-state index in [1.165, 1.54) is 11.1 Å². The zero-order valence-corrected chi connectivity index (χ0v) is 18.9. The maximum absolute atomic E-state index is 13.4. The Morgan fingerprint density at radius 1 is 0.818 bits per heavy atom. The van der Waals surface area contributed by atoms with Crippen LogP contribution in [0.4, 0.5) is 5.69 Å².